The first-order valence-electron chi connectivity index (χ1n) is 8.12. The molecule has 1 saturated heterocycles. The number of benzene rings is 1. The number of carbonyl (C=O) groups is 1. The molecule has 0 aromatic heterocycles. The Balaban J connectivity index is 1.96. The van der Waals surface area contributed by atoms with E-state index in [1.54, 1.807) is 0 Å². The number of rotatable bonds is 0. The molecule has 0 bridgehead atoms. The summed E-state index contributed by atoms with van der Waals surface area (Å²) in [6.45, 7) is 7.47. The average Bonchev–Trinajstić information content (AvgIpc) is 2.84. The van der Waals surface area contributed by atoms with Crippen molar-refractivity contribution in [1.82, 2.24) is 4.90 Å². The van der Waals surface area contributed by atoms with Gasteiger partial charge in [-0.05, 0) is 54.9 Å². The summed E-state index contributed by atoms with van der Waals surface area (Å²) in [5, 5.41) is 0. The molecule has 1 amide bonds. The highest BCUT2D eigenvalue weighted by atomic mass is 16.2. The molecule has 2 N–H and O–H groups in total. The Bertz CT molecular complexity index is 638. The molecule has 1 aromatic rings. The maximum absolute atomic E-state index is 12.5. The van der Waals surface area contributed by atoms with Gasteiger partial charge in [0.2, 0.25) is 5.91 Å². The highest BCUT2D eigenvalue weighted by Crippen LogP contribution is 2.58. The first-order chi connectivity index (χ1) is 9.95. The van der Waals surface area contributed by atoms with E-state index in [0.717, 1.165) is 19.4 Å². The van der Waals surface area contributed by atoms with Crippen LogP contribution >= 0.6 is 0 Å². The van der Waals surface area contributed by atoms with Crippen molar-refractivity contribution in [3.8, 4) is 0 Å². The zero-order valence-electron chi connectivity index (χ0n) is 13.1. The van der Waals surface area contributed by atoms with E-state index < -0.39 is 0 Å². The van der Waals surface area contributed by atoms with Crippen molar-refractivity contribution >= 4 is 5.91 Å². The molecular weight excluding hydrogens is 260 g/mol. The summed E-state index contributed by atoms with van der Waals surface area (Å²) in [6.07, 6.45) is 2.65. The summed E-state index contributed by atoms with van der Waals surface area (Å²) in [4.78, 5) is 14.7. The molecule has 2 aliphatic heterocycles. The standard InChI is InChI=1S/C18H24N2O/c1-10-6-13-4-5-20-16(21)8-15-17(19)12(3)9-18(15,20)14(13)7-11(10)2/h6-7,12,15,17H,4-5,8-9,19H2,1-3H3/t12-,15-,17+,18-/m0/s1. The van der Waals surface area contributed by atoms with Gasteiger partial charge in [-0.2, -0.15) is 0 Å². The van der Waals surface area contributed by atoms with Gasteiger partial charge in [0.05, 0.1) is 5.54 Å². The second-order valence-corrected chi connectivity index (χ2v) is 7.38. The number of carbonyl (C=O) groups excluding carboxylic acids is 1. The van der Waals surface area contributed by atoms with Crippen LogP contribution in [-0.2, 0) is 16.8 Å². The summed E-state index contributed by atoms with van der Waals surface area (Å²) in [5.41, 5.74) is 11.9. The van der Waals surface area contributed by atoms with E-state index in [1.807, 2.05) is 0 Å². The smallest absolute Gasteiger partial charge is 0.223 e. The van der Waals surface area contributed by atoms with E-state index in [1.165, 1.54) is 22.3 Å². The fraction of sp³-hybridized carbons (Fsp3) is 0.611. The number of aryl methyl sites for hydroxylation is 2. The van der Waals surface area contributed by atoms with Crippen LogP contribution in [0.25, 0.3) is 0 Å². The van der Waals surface area contributed by atoms with E-state index in [0.29, 0.717) is 24.2 Å². The maximum Gasteiger partial charge on any atom is 0.223 e. The number of amides is 1. The molecule has 3 aliphatic rings. The van der Waals surface area contributed by atoms with Crippen LogP contribution in [0.5, 0.6) is 0 Å². The molecule has 2 fully saturated rings. The minimum Gasteiger partial charge on any atom is -0.332 e. The Morgan fingerprint density at radius 2 is 2.00 bits per heavy atom. The van der Waals surface area contributed by atoms with Gasteiger partial charge in [0, 0.05) is 24.9 Å². The molecule has 4 atom stereocenters. The molecule has 0 unspecified atom stereocenters. The lowest BCUT2D eigenvalue weighted by atomic mass is 9.74. The van der Waals surface area contributed by atoms with Crippen LogP contribution < -0.4 is 5.73 Å². The lowest BCUT2D eigenvalue weighted by Crippen LogP contribution is -2.50. The third-order valence-corrected chi connectivity index (χ3v) is 6.34. The predicted octanol–water partition coefficient (Wildman–Crippen LogP) is 2.27. The molecule has 1 aromatic carbocycles. The summed E-state index contributed by atoms with van der Waals surface area (Å²) >= 11 is 0. The third-order valence-electron chi connectivity index (χ3n) is 6.34. The maximum atomic E-state index is 12.5. The van der Waals surface area contributed by atoms with Crippen molar-refractivity contribution in [3.63, 3.8) is 0 Å². The van der Waals surface area contributed by atoms with E-state index in [4.69, 9.17) is 5.73 Å². The number of nitrogens with two attached hydrogens (primary N) is 1. The molecule has 21 heavy (non-hydrogen) atoms. The molecule has 3 heteroatoms. The normalized spacial score (nSPS) is 37.4. The van der Waals surface area contributed by atoms with Gasteiger partial charge in [-0.3, -0.25) is 4.79 Å². The van der Waals surface area contributed by atoms with E-state index in [2.05, 4.69) is 37.8 Å². The van der Waals surface area contributed by atoms with Gasteiger partial charge in [-0.1, -0.05) is 19.1 Å². The fourth-order valence-electron chi connectivity index (χ4n) is 5.13. The lowest BCUT2D eigenvalue weighted by Gasteiger charge is -2.45. The zero-order valence-corrected chi connectivity index (χ0v) is 13.1. The fourth-order valence-corrected chi connectivity index (χ4v) is 5.13. The number of hydrogen-bond donors (Lipinski definition) is 1. The molecule has 112 valence electrons. The van der Waals surface area contributed by atoms with E-state index >= 15 is 0 Å². The van der Waals surface area contributed by atoms with Gasteiger partial charge in [0.1, 0.15) is 0 Å². The van der Waals surface area contributed by atoms with Gasteiger partial charge >= 0.3 is 0 Å². The van der Waals surface area contributed by atoms with Crippen LogP contribution in [0, 0.1) is 25.7 Å². The first kappa shape index (κ1) is 13.3. The topological polar surface area (TPSA) is 46.3 Å². The third kappa shape index (κ3) is 1.50. The molecule has 1 spiro atoms. The Kier molecular flexibility index (Phi) is 2.60. The summed E-state index contributed by atoms with van der Waals surface area (Å²) < 4.78 is 0. The van der Waals surface area contributed by atoms with Crippen LogP contribution in [0.4, 0.5) is 0 Å². The second kappa shape index (κ2) is 4.10. The van der Waals surface area contributed by atoms with Crippen molar-refractivity contribution in [1.29, 1.82) is 0 Å². The van der Waals surface area contributed by atoms with Crippen molar-refractivity contribution in [2.75, 3.05) is 6.54 Å². The Morgan fingerprint density at radius 1 is 1.29 bits per heavy atom. The highest BCUT2D eigenvalue weighted by Gasteiger charge is 2.62. The van der Waals surface area contributed by atoms with Crippen molar-refractivity contribution in [2.24, 2.45) is 17.6 Å². The van der Waals surface area contributed by atoms with Crippen molar-refractivity contribution in [3.05, 3.63) is 34.4 Å². The minimum atomic E-state index is -0.109. The molecule has 1 aliphatic carbocycles. The summed E-state index contributed by atoms with van der Waals surface area (Å²) in [7, 11) is 0. The molecular formula is C18H24N2O. The molecule has 1 saturated carbocycles. The number of nitrogens with zero attached hydrogens (tertiary/aromatic N) is 1. The first-order valence-corrected chi connectivity index (χ1v) is 8.12. The molecule has 2 heterocycles. The van der Waals surface area contributed by atoms with Gasteiger partial charge in [0.15, 0.2) is 0 Å². The minimum absolute atomic E-state index is 0.109. The van der Waals surface area contributed by atoms with E-state index in [9.17, 15) is 4.79 Å². The van der Waals surface area contributed by atoms with Crippen LogP contribution in [0.3, 0.4) is 0 Å². The number of hydrogen-bond acceptors (Lipinski definition) is 2. The van der Waals surface area contributed by atoms with Crippen LogP contribution in [0.2, 0.25) is 0 Å². The van der Waals surface area contributed by atoms with E-state index in [-0.39, 0.29) is 11.6 Å². The zero-order chi connectivity index (χ0) is 14.9. The summed E-state index contributed by atoms with van der Waals surface area (Å²) in [5.74, 6) is 1.09. The Hall–Kier alpha value is -1.35. The monoisotopic (exact) mass is 284 g/mol. The van der Waals surface area contributed by atoms with Gasteiger partial charge in [-0.15, -0.1) is 0 Å². The average molecular weight is 284 g/mol. The Morgan fingerprint density at radius 3 is 2.76 bits per heavy atom. The highest BCUT2D eigenvalue weighted by molar-refractivity contribution is 5.82. The van der Waals surface area contributed by atoms with Crippen molar-refractivity contribution in [2.45, 2.75) is 51.6 Å². The van der Waals surface area contributed by atoms with Gasteiger partial charge in [-0.25, -0.2) is 0 Å². The predicted molar refractivity (Wildman–Crippen MR) is 82.9 cm³/mol. The van der Waals surface area contributed by atoms with Gasteiger partial charge in [0.25, 0.3) is 0 Å². The van der Waals surface area contributed by atoms with Crippen LogP contribution in [0.1, 0.15) is 42.0 Å². The Labute approximate surface area is 126 Å². The van der Waals surface area contributed by atoms with Gasteiger partial charge < -0.3 is 10.6 Å². The largest absolute Gasteiger partial charge is 0.332 e. The molecule has 0 radical (unpaired) electrons. The lowest BCUT2D eigenvalue weighted by molar-refractivity contribution is -0.132. The SMILES string of the molecule is Cc1cc2c(cc1C)[C@@]13C[C@H](C)[C@@H](N)[C@@H]1CC(=O)N3CC2. The molecule has 3 nitrogen and oxygen atoms in total. The van der Waals surface area contributed by atoms with Crippen molar-refractivity contribution < 1.29 is 4.79 Å². The number of fused-ring (bicyclic) bond motifs is 1. The molecule has 4 rings (SSSR count). The van der Waals surface area contributed by atoms with Crippen LogP contribution in [-0.4, -0.2) is 23.4 Å². The van der Waals surface area contributed by atoms with Crippen LogP contribution in [0.15, 0.2) is 12.1 Å². The summed E-state index contributed by atoms with van der Waals surface area (Å²) in [6, 6.07) is 4.82. The quantitative estimate of drug-likeness (QED) is 0.794. The second-order valence-electron chi connectivity index (χ2n) is 7.38.